The lowest BCUT2D eigenvalue weighted by molar-refractivity contribution is -0.131. The van der Waals surface area contributed by atoms with Crippen LogP contribution in [0.15, 0.2) is 28.7 Å². The first kappa shape index (κ1) is 16.5. The lowest BCUT2D eigenvalue weighted by Crippen LogP contribution is -2.42. The fraction of sp³-hybridized carbons (Fsp3) is 0.500. The smallest absolute Gasteiger partial charge is 0.239 e. The van der Waals surface area contributed by atoms with Crippen LogP contribution in [0.1, 0.15) is 18.4 Å². The first-order valence-corrected chi connectivity index (χ1v) is 7.19. The van der Waals surface area contributed by atoms with Gasteiger partial charge >= 0.3 is 0 Å². The van der Waals surface area contributed by atoms with E-state index in [1.54, 1.807) is 0 Å². The lowest BCUT2D eigenvalue weighted by Gasteiger charge is -2.21. The predicted octanol–water partition coefficient (Wildman–Crippen LogP) is 2.62. The van der Waals surface area contributed by atoms with Crippen LogP contribution in [0.3, 0.4) is 0 Å². The minimum Gasteiger partial charge on any atom is -0.344 e. The van der Waals surface area contributed by atoms with Crippen LogP contribution in [0.4, 0.5) is 0 Å². The van der Waals surface area contributed by atoms with Gasteiger partial charge in [0.2, 0.25) is 5.91 Å². The Bertz CT molecular complexity index is 404. The molecule has 1 fully saturated rings. The van der Waals surface area contributed by atoms with E-state index in [1.807, 2.05) is 24.1 Å². The summed E-state index contributed by atoms with van der Waals surface area (Å²) in [4.78, 5) is 13.9. The number of nitrogens with zero attached hydrogens (tertiary/aromatic N) is 1. The number of halogens is 2. The maximum Gasteiger partial charge on any atom is 0.239 e. The number of rotatable bonds is 4. The van der Waals surface area contributed by atoms with Crippen molar-refractivity contribution in [1.82, 2.24) is 10.2 Å². The summed E-state index contributed by atoms with van der Waals surface area (Å²) in [5.74, 6) is 0.226. The second-order valence-electron chi connectivity index (χ2n) is 4.79. The highest BCUT2D eigenvalue weighted by Crippen LogP contribution is 2.12. The molecule has 2 rings (SSSR count). The van der Waals surface area contributed by atoms with E-state index in [4.69, 9.17) is 0 Å². The third-order valence-corrected chi connectivity index (χ3v) is 3.91. The summed E-state index contributed by atoms with van der Waals surface area (Å²) in [5.41, 5.74) is 1.26. The van der Waals surface area contributed by atoms with Crippen LogP contribution in [0.2, 0.25) is 0 Å². The van der Waals surface area contributed by atoms with Crippen molar-refractivity contribution in [3.05, 3.63) is 34.3 Å². The molecule has 1 heterocycles. The van der Waals surface area contributed by atoms with Crippen molar-refractivity contribution < 1.29 is 4.79 Å². The van der Waals surface area contributed by atoms with Gasteiger partial charge in [0.15, 0.2) is 0 Å². The van der Waals surface area contributed by atoms with Gasteiger partial charge in [-0.1, -0.05) is 28.1 Å². The Hall–Kier alpha value is -0.580. The van der Waals surface area contributed by atoms with Crippen molar-refractivity contribution in [3.63, 3.8) is 0 Å². The van der Waals surface area contributed by atoms with E-state index in [0.29, 0.717) is 0 Å². The highest BCUT2D eigenvalue weighted by molar-refractivity contribution is 9.10. The molecule has 106 valence electrons. The van der Waals surface area contributed by atoms with Crippen LogP contribution in [0.5, 0.6) is 0 Å². The summed E-state index contributed by atoms with van der Waals surface area (Å²) >= 11 is 3.42. The molecule has 0 radical (unpaired) electrons. The van der Waals surface area contributed by atoms with Gasteiger partial charge in [-0.05, 0) is 43.5 Å². The Labute approximate surface area is 129 Å². The minimum atomic E-state index is 0. The molecule has 0 bridgehead atoms. The fourth-order valence-corrected chi connectivity index (χ4v) is 2.48. The first-order chi connectivity index (χ1) is 8.66. The van der Waals surface area contributed by atoms with Crippen LogP contribution < -0.4 is 5.32 Å². The molecule has 1 N–H and O–H groups in total. The fourth-order valence-electron chi connectivity index (χ4n) is 2.22. The van der Waals surface area contributed by atoms with E-state index in [1.165, 1.54) is 5.56 Å². The molecule has 1 aliphatic rings. The van der Waals surface area contributed by atoms with Gasteiger partial charge in [-0.2, -0.15) is 0 Å². The quantitative estimate of drug-likeness (QED) is 0.908. The largest absolute Gasteiger partial charge is 0.344 e. The van der Waals surface area contributed by atoms with E-state index in [0.717, 1.165) is 36.8 Å². The molecular formula is C14H20BrClN2O. The third kappa shape index (κ3) is 4.79. The van der Waals surface area contributed by atoms with E-state index >= 15 is 0 Å². The number of carbonyl (C=O) groups is 1. The molecule has 0 spiro atoms. The van der Waals surface area contributed by atoms with Gasteiger partial charge in [-0.25, -0.2) is 0 Å². The summed E-state index contributed by atoms with van der Waals surface area (Å²) < 4.78 is 1.09. The number of hydrogen-bond donors (Lipinski definition) is 1. The molecule has 1 atom stereocenters. The monoisotopic (exact) mass is 346 g/mol. The maximum atomic E-state index is 12.1. The van der Waals surface area contributed by atoms with Crippen LogP contribution in [0.25, 0.3) is 0 Å². The minimum absolute atomic E-state index is 0. The Morgan fingerprint density at radius 2 is 2.11 bits per heavy atom. The summed E-state index contributed by atoms with van der Waals surface area (Å²) in [6.45, 7) is 1.75. The van der Waals surface area contributed by atoms with E-state index in [9.17, 15) is 4.79 Å². The SMILES string of the molecule is CN(CCc1ccc(Br)cc1)C(=O)C1CCCN1.Cl. The molecule has 3 nitrogen and oxygen atoms in total. The topological polar surface area (TPSA) is 32.3 Å². The molecule has 1 aromatic rings. The number of amides is 1. The molecule has 1 saturated heterocycles. The average molecular weight is 348 g/mol. The maximum absolute atomic E-state index is 12.1. The van der Waals surface area contributed by atoms with Crippen LogP contribution >= 0.6 is 28.3 Å². The molecule has 0 saturated carbocycles. The lowest BCUT2D eigenvalue weighted by atomic mass is 10.1. The Balaban J connectivity index is 0.00000180. The molecule has 5 heteroatoms. The van der Waals surface area contributed by atoms with E-state index in [2.05, 4.69) is 33.4 Å². The van der Waals surface area contributed by atoms with Crippen LogP contribution in [-0.2, 0) is 11.2 Å². The molecule has 1 aliphatic heterocycles. The van der Waals surface area contributed by atoms with Crippen molar-refractivity contribution >= 4 is 34.2 Å². The number of benzene rings is 1. The second-order valence-corrected chi connectivity index (χ2v) is 5.70. The zero-order valence-electron chi connectivity index (χ0n) is 11.1. The Morgan fingerprint density at radius 1 is 1.42 bits per heavy atom. The number of likely N-dealkylation sites (N-methyl/N-ethyl adjacent to an activating group) is 1. The Kier molecular flexibility index (Phi) is 6.83. The van der Waals surface area contributed by atoms with Crippen molar-refractivity contribution in [2.24, 2.45) is 0 Å². The highest BCUT2D eigenvalue weighted by Gasteiger charge is 2.24. The number of carbonyl (C=O) groups excluding carboxylic acids is 1. The van der Waals surface area contributed by atoms with Gasteiger partial charge in [0.25, 0.3) is 0 Å². The first-order valence-electron chi connectivity index (χ1n) is 6.39. The summed E-state index contributed by atoms with van der Waals surface area (Å²) in [7, 11) is 1.89. The normalized spacial score (nSPS) is 17.9. The number of nitrogens with one attached hydrogen (secondary N) is 1. The van der Waals surface area contributed by atoms with Gasteiger partial charge in [0.05, 0.1) is 6.04 Å². The summed E-state index contributed by atoms with van der Waals surface area (Å²) in [5, 5.41) is 3.25. The van der Waals surface area contributed by atoms with Gasteiger partial charge in [-0.3, -0.25) is 4.79 Å². The van der Waals surface area contributed by atoms with Crippen molar-refractivity contribution in [2.75, 3.05) is 20.1 Å². The molecule has 1 unspecified atom stereocenters. The van der Waals surface area contributed by atoms with Crippen molar-refractivity contribution in [1.29, 1.82) is 0 Å². The summed E-state index contributed by atoms with van der Waals surface area (Å²) in [6, 6.07) is 8.30. The molecule has 19 heavy (non-hydrogen) atoms. The van der Waals surface area contributed by atoms with Crippen molar-refractivity contribution in [2.45, 2.75) is 25.3 Å². The van der Waals surface area contributed by atoms with Gasteiger partial charge < -0.3 is 10.2 Å². The van der Waals surface area contributed by atoms with E-state index in [-0.39, 0.29) is 24.4 Å². The summed E-state index contributed by atoms with van der Waals surface area (Å²) in [6.07, 6.45) is 2.99. The standard InChI is InChI=1S/C14H19BrN2O.ClH/c1-17(14(18)13-3-2-9-16-13)10-8-11-4-6-12(15)7-5-11;/h4-7,13,16H,2-3,8-10H2,1H3;1H. The third-order valence-electron chi connectivity index (χ3n) is 3.38. The molecule has 1 amide bonds. The van der Waals surface area contributed by atoms with E-state index < -0.39 is 0 Å². The highest BCUT2D eigenvalue weighted by atomic mass is 79.9. The molecule has 0 aliphatic carbocycles. The second kappa shape index (κ2) is 7.88. The zero-order chi connectivity index (χ0) is 13.0. The number of hydrogen-bond acceptors (Lipinski definition) is 2. The zero-order valence-corrected chi connectivity index (χ0v) is 13.5. The van der Waals surface area contributed by atoms with Crippen LogP contribution in [0, 0.1) is 0 Å². The average Bonchev–Trinajstić information content (AvgIpc) is 2.90. The van der Waals surface area contributed by atoms with Crippen LogP contribution in [-0.4, -0.2) is 37.0 Å². The molecular weight excluding hydrogens is 328 g/mol. The van der Waals surface area contributed by atoms with Crippen molar-refractivity contribution in [3.8, 4) is 0 Å². The Morgan fingerprint density at radius 3 is 2.68 bits per heavy atom. The van der Waals surface area contributed by atoms with Gasteiger partial charge in [0, 0.05) is 18.1 Å². The molecule has 1 aromatic carbocycles. The van der Waals surface area contributed by atoms with Gasteiger partial charge in [0.1, 0.15) is 0 Å². The predicted molar refractivity (Wildman–Crippen MR) is 83.8 cm³/mol. The molecule has 0 aromatic heterocycles. The van der Waals surface area contributed by atoms with Gasteiger partial charge in [-0.15, -0.1) is 12.4 Å².